The summed E-state index contributed by atoms with van der Waals surface area (Å²) in [6.45, 7) is 2.77. The molecule has 0 amide bonds. The van der Waals surface area contributed by atoms with Crippen LogP contribution in [0.2, 0.25) is 0 Å². The first-order valence-electron chi connectivity index (χ1n) is 5.41. The summed E-state index contributed by atoms with van der Waals surface area (Å²) in [7, 11) is 0. The monoisotopic (exact) mass is 312 g/mol. The fraction of sp³-hybridized carbons (Fsp3) is 0.333. The van der Waals surface area contributed by atoms with Crippen molar-refractivity contribution in [2.45, 2.75) is 25.0 Å². The maximum absolute atomic E-state index is 12.3. The first-order chi connectivity index (χ1) is 8.17. The van der Waals surface area contributed by atoms with Crippen molar-refractivity contribution in [2.24, 2.45) is 0 Å². The molecule has 0 unspecified atom stereocenters. The second kappa shape index (κ2) is 5.23. The zero-order valence-corrected chi connectivity index (χ0v) is 12.1. The predicted molar refractivity (Wildman–Crippen MR) is 75.8 cm³/mol. The third-order valence-corrected chi connectivity index (χ3v) is 3.68. The van der Waals surface area contributed by atoms with Crippen molar-refractivity contribution in [3.05, 3.63) is 33.0 Å². The second-order valence-corrected chi connectivity index (χ2v) is 5.41. The van der Waals surface area contributed by atoms with Gasteiger partial charge in [-0.2, -0.15) is 0 Å². The molecular formula is C12H13BrN2OS. The van der Waals surface area contributed by atoms with Crippen molar-refractivity contribution < 1.29 is 0 Å². The molecule has 1 aromatic heterocycles. The van der Waals surface area contributed by atoms with Crippen LogP contribution in [-0.2, 0) is 6.54 Å². The van der Waals surface area contributed by atoms with Crippen molar-refractivity contribution in [3.63, 3.8) is 0 Å². The van der Waals surface area contributed by atoms with Gasteiger partial charge in [0.1, 0.15) is 0 Å². The minimum Gasteiger partial charge on any atom is -0.287 e. The van der Waals surface area contributed by atoms with E-state index in [0.717, 1.165) is 21.6 Å². The van der Waals surface area contributed by atoms with Crippen LogP contribution in [0.1, 0.15) is 13.3 Å². The maximum Gasteiger partial charge on any atom is 0.262 e. The fourth-order valence-electron chi connectivity index (χ4n) is 1.75. The number of nitrogens with zero attached hydrogens (tertiary/aromatic N) is 2. The lowest BCUT2D eigenvalue weighted by molar-refractivity contribution is 0.585. The molecule has 2 rings (SSSR count). The molecule has 0 aliphatic carbocycles. The van der Waals surface area contributed by atoms with Gasteiger partial charge in [-0.25, -0.2) is 4.98 Å². The summed E-state index contributed by atoms with van der Waals surface area (Å²) >= 11 is 4.89. The van der Waals surface area contributed by atoms with Crippen LogP contribution in [0.5, 0.6) is 0 Å². The van der Waals surface area contributed by atoms with E-state index < -0.39 is 0 Å². The molecule has 2 aromatic rings. The van der Waals surface area contributed by atoms with E-state index in [-0.39, 0.29) is 5.56 Å². The van der Waals surface area contributed by atoms with Gasteiger partial charge in [0, 0.05) is 11.0 Å². The lowest BCUT2D eigenvalue weighted by Gasteiger charge is -2.10. The van der Waals surface area contributed by atoms with Crippen LogP contribution < -0.4 is 5.56 Å². The summed E-state index contributed by atoms with van der Waals surface area (Å²) in [4.78, 5) is 16.9. The molecule has 0 aliphatic heterocycles. The first-order valence-corrected chi connectivity index (χ1v) is 7.43. The maximum atomic E-state index is 12.3. The van der Waals surface area contributed by atoms with Gasteiger partial charge in [0.25, 0.3) is 5.56 Å². The second-order valence-electron chi connectivity index (χ2n) is 3.72. The molecule has 0 radical (unpaired) electrons. The SMILES string of the molecule is CCCn1c(SC)nc2ccc(Br)cc2c1=O. The van der Waals surface area contributed by atoms with Crippen LogP contribution in [0.3, 0.4) is 0 Å². The molecule has 3 nitrogen and oxygen atoms in total. The Balaban J connectivity index is 2.79. The van der Waals surface area contributed by atoms with Crippen molar-refractivity contribution in [1.82, 2.24) is 9.55 Å². The highest BCUT2D eigenvalue weighted by molar-refractivity contribution is 9.10. The molecule has 5 heteroatoms. The Kier molecular flexibility index (Phi) is 3.89. The molecular weight excluding hydrogens is 300 g/mol. The topological polar surface area (TPSA) is 34.9 Å². The summed E-state index contributed by atoms with van der Waals surface area (Å²) < 4.78 is 2.66. The average Bonchev–Trinajstić information content (AvgIpc) is 2.33. The van der Waals surface area contributed by atoms with Crippen LogP contribution in [0.15, 0.2) is 32.6 Å². The van der Waals surface area contributed by atoms with Crippen LogP contribution in [-0.4, -0.2) is 15.8 Å². The number of thioether (sulfide) groups is 1. The number of benzene rings is 1. The average molecular weight is 313 g/mol. The molecule has 0 spiro atoms. The van der Waals surface area contributed by atoms with Gasteiger partial charge in [-0.05, 0) is 30.9 Å². The van der Waals surface area contributed by atoms with E-state index in [4.69, 9.17) is 0 Å². The van der Waals surface area contributed by atoms with Gasteiger partial charge in [-0.1, -0.05) is 34.6 Å². The molecule has 0 saturated heterocycles. The molecule has 1 heterocycles. The molecule has 0 aliphatic rings. The number of hydrogen-bond acceptors (Lipinski definition) is 3. The quantitative estimate of drug-likeness (QED) is 0.644. The first kappa shape index (κ1) is 12.6. The molecule has 1 aromatic carbocycles. The summed E-state index contributed by atoms with van der Waals surface area (Å²) in [5.41, 5.74) is 0.803. The van der Waals surface area contributed by atoms with Gasteiger partial charge in [0.05, 0.1) is 10.9 Å². The Hall–Kier alpha value is -0.810. The summed E-state index contributed by atoms with van der Waals surface area (Å²) in [6, 6.07) is 5.61. The smallest absolute Gasteiger partial charge is 0.262 e. The minimum absolute atomic E-state index is 0.0440. The van der Waals surface area contributed by atoms with Crippen LogP contribution in [0.4, 0.5) is 0 Å². The van der Waals surface area contributed by atoms with Crippen LogP contribution in [0.25, 0.3) is 10.9 Å². The van der Waals surface area contributed by atoms with Gasteiger partial charge in [-0.15, -0.1) is 0 Å². The molecule has 0 atom stereocenters. The van der Waals surface area contributed by atoms with Gasteiger partial charge in [0.15, 0.2) is 5.16 Å². The lowest BCUT2D eigenvalue weighted by atomic mass is 10.2. The van der Waals surface area contributed by atoms with E-state index in [1.807, 2.05) is 24.5 Å². The Morgan fingerprint density at radius 2 is 2.24 bits per heavy atom. The number of hydrogen-bond donors (Lipinski definition) is 0. The highest BCUT2D eigenvalue weighted by Crippen LogP contribution is 2.19. The third-order valence-electron chi connectivity index (χ3n) is 2.51. The van der Waals surface area contributed by atoms with E-state index >= 15 is 0 Å². The Morgan fingerprint density at radius 1 is 1.47 bits per heavy atom. The molecule has 0 N–H and O–H groups in total. The normalized spacial score (nSPS) is 11.0. The van der Waals surface area contributed by atoms with E-state index in [0.29, 0.717) is 11.9 Å². The largest absolute Gasteiger partial charge is 0.287 e. The van der Waals surface area contributed by atoms with Crippen LogP contribution >= 0.6 is 27.7 Å². The lowest BCUT2D eigenvalue weighted by Crippen LogP contribution is -2.23. The number of fused-ring (bicyclic) bond motifs is 1. The van der Waals surface area contributed by atoms with E-state index in [9.17, 15) is 4.79 Å². The Labute approximate surface area is 112 Å². The van der Waals surface area contributed by atoms with Gasteiger partial charge < -0.3 is 0 Å². The predicted octanol–water partition coefficient (Wildman–Crippen LogP) is 3.29. The molecule has 0 fully saturated rings. The van der Waals surface area contributed by atoms with Gasteiger partial charge in [0.2, 0.25) is 0 Å². The third kappa shape index (κ3) is 2.40. The summed E-state index contributed by atoms with van der Waals surface area (Å²) in [5.74, 6) is 0. The minimum atomic E-state index is 0.0440. The van der Waals surface area contributed by atoms with Crippen molar-refractivity contribution in [2.75, 3.05) is 6.26 Å². The number of aromatic nitrogens is 2. The molecule has 17 heavy (non-hydrogen) atoms. The Bertz CT molecular complexity index is 609. The Morgan fingerprint density at radius 3 is 2.88 bits per heavy atom. The van der Waals surface area contributed by atoms with Crippen LogP contribution in [0, 0.1) is 0 Å². The molecule has 90 valence electrons. The van der Waals surface area contributed by atoms with Gasteiger partial charge >= 0.3 is 0 Å². The van der Waals surface area contributed by atoms with Crippen molar-refractivity contribution >= 4 is 38.6 Å². The molecule has 0 bridgehead atoms. The van der Waals surface area contributed by atoms with E-state index in [1.165, 1.54) is 11.8 Å². The zero-order chi connectivity index (χ0) is 12.4. The zero-order valence-electron chi connectivity index (χ0n) is 9.74. The van der Waals surface area contributed by atoms with Gasteiger partial charge in [-0.3, -0.25) is 9.36 Å². The highest BCUT2D eigenvalue weighted by Gasteiger charge is 2.09. The van der Waals surface area contributed by atoms with Crippen molar-refractivity contribution in [3.8, 4) is 0 Å². The highest BCUT2D eigenvalue weighted by atomic mass is 79.9. The number of rotatable bonds is 3. The fourth-order valence-corrected chi connectivity index (χ4v) is 2.69. The summed E-state index contributed by atoms with van der Waals surface area (Å²) in [5, 5.41) is 1.46. The van der Waals surface area contributed by atoms with E-state index in [2.05, 4.69) is 27.8 Å². The summed E-state index contributed by atoms with van der Waals surface area (Å²) in [6.07, 6.45) is 2.87. The molecule has 0 saturated carbocycles. The standard InChI is InChI=1S/C12H13BrN2OS/c1-3-6-15-11(16)9-7-8(13)4-5-10(9)14-12(15)17-2/h4-5,7H,3,6H2,1-2H3. The number of halogens is 1. The van der Waals surface area contributed by atoms with Crippen molar-refractivity contribution in [1.29, 1.82) is 0 Å². The van der Waals surface area contributed by atoms with E-state index in [1.54, 1.807) is 4.57 Å².